The van der Waals surface area contributed by atoms with Crippen LogP contribution in [0.5, 0.6) is 0 Å². The van der Waals surface area contributed by atoms with E-state index < -0.39 is 12.8 Å². The molecule has 0 aliphatic heterocycles. The third kappa shape index (κ3) is 4.37. The number of aliphatic hydroxyl groups is 1. The lowest BCUT2D eigenvalue weighted by molar-refractivity contribution is 0.183. The molecule has 8 heavy (non-hydrogen) atoms. The summed E-state index contributed by atoms with van der Waals surface area (Å²) >= 11 is 10.1. The summed E-state index contributed by atoms with van der Waals surface area (Å²) in [6.07, 6.45) is -0.150. The van der Waals surface area contributed by atoms with Crippen molar-refractivity contribution in [2.24, 2.45) is 0 Å². The Morgan fingerprint density at radius 2 is 2.25 bits per heavy atom. The molecule has 1 N–H and O–H groups in total. The predicted octanol–water partition coefficient (Wildman–Crippen LogP) is 1.64. The molecule has 0 aliphatic rings. The van der Waals surface area contributed by atoms with E-state index in [4.69, 9.17) is 28.3 Å². The van der Waals surface area contributed by atoms with Crippen LogP contribution in [0.1, 0.15) is 0 Å². The second kappa shape index (κ2) is 4.13. The van der Waals surface area contributed by atoms with Gasteiger partial charge in [0.2, 0.25) is 0 Å². The van der Waals surface area contributed by atoms with Crippen LogP contribution in [0, 0.1) is 0 Å². The number of alkyl halides is 1. The first-order chi connectivity index (χ1) is 3.66. The maximum atomic E-state index is 11.3. The van der Waals surface area contributed by atoms with Crippen LogP contribution in [-0.4, -0.2) is 17.9 Å². The summed E-state index contributed by atoms with van der Waals surface area (Å²) in [5, 5.41) is 8.41. The maximum Gasteiger partial charge on any atom is 0.119 e. The largest absolute Gasteiger partial charge is 0.386 e. The lowest BCUT2D eigenvalue weighted by atomic mass is 10.4. The van der Waals surface area contributed by atoms with E-state index in [9.17, 15) is 4.39 Å². The van der Waals surface area contributed by atoms with Crippen LogP contribution < -0.4 is 0 Å². The van der Waals surface area contributed by atoms with Crippen LogP contribution in [0.3, 0.4) is 0 Å². The summed E-state index contributed by atoms with van der Waals surface area (Å²) in [7, 11) is 0. The van der Waals surface area contributed by atoms with Gasteiger partial charge in [-0.25, -0.2) is 4.39 Å². The van der Waals surface area contributed by atoms with Crippen molar-refractivity contribution in [3.05, 3.63) is 10.6 Å². The lowest BCUT2D eigenvalue weighted by Crippen LogP contribution is -2.03. The molecule has 48 valence electrons. The van der Waals surface area contributed by atoms with Crippen LogP contribution >= 0.6 is 23.2 Å². The van der Waals surface area contributed by atoms with Crippen molar-refractivity contribution in [1.29, 1.82) is 0 Å². The highest BCUT2D eigenvalue weighted by Crippen LogP contribution is 2.07. The van der Waals surface area contributed by atoms with Gasteiger partial charge in [0.1, 0.15) is 17.3 Å². The highest BCUT2D eigenvalue weighted by atomic mass is 35.5. The van der Waals surface area contributed by atoms with Crippen molar-refractivity contribution in [3.8, 4) is 0 Å². The maximum absolute atomic E-state index is 11.3. The highest BCUT2D eigenvalue weighted by molar-refractivity contribution is 6.55. The van der Waals surface area contributed by atoms with Gasteiger partial charge >= 0.3 is 0 Å². The number of hydrogen-bond donors (Lipinski definition) is 1. The second-order valence-corrected chi connectivity index (χ2v) is 2.19. The summed E-state index contributed by atoms with van der Waals surface area (Å²) in [4.78, 5) is 0. The Bertz CT molecular complexity index is 90.0. The minimum absolute atomic E-state index is 0.116. The van der Waals surface area contributed by atoms with E-state index in [1.54, 1.807) is 0 Å². The van der Waals surface area contributed by atoms with Gasteiger partial charge in [-0.2, -0.15) is 0 Å². The van der Waals surface area contributed by atoms with Crippen molar-refractivity contribution in [3.63, 3.8) is 0 Å². The summed E-state index contributed by atoms with van der Waals surface area (Å²) in [6, 6.07) is 0. The first kappa shape index (κ1) is 8.21. The molecule has 0 aromatic heterocycles. The fraction of sp³-hybridized carbons (Fsp3) is 0.500. The minimum atomic E-state index is -1.17. The Morgan fingerprint density at radius 1 is 1.75 bits per heavy atom. The molecular weight excluding hydrogens is 154 g/mol. The summed E-state index contributed by atoms with van der Waals surface area (Å²) in [5.41, 5.74) is 0. The van der Waals surface area contributed by atoms with Crippen molar-refractivity contribution in [2.75, 3.05) is 6.67 Å². The molecule has 0 bridgehead atoms. The van der Waals surface area contributed by atoms with E-state index in [1.165, 1.54) is 0 Å². The Labute approximate surface area is 56.7 Å². The molecule has 0 amide bonds. The minimum Gasteiger partial charge on any atom is -0.386 e. The van der Waals surface area contributed by atoms with Gasteiger partial charge in [-0.1, -0.05) is 23.2 Å². The molecular formula is C4H5Cl2FO. The Kier molecular flexibility index (Phi) is 4.23. The quantitative estimate of drug-likeness (QED) is 0.649. The molecule has 1 nitrogen and oxygen atoms in total. The fourth-order valence-electron chi connectivity index (χ4n) is 0.190. The average molecular weight is 159 g/mol. The van der Waals surface area contributed by atoms with Gasteiger partial charge in [0.05, 0.1) is 0 Å². The van der Waals surface area contributed by atoms with E-state index in [0.717, 1.165) is 6.08 Å². The fourth-order valence-corrected chi connectivity index (χ4v) is 0.481. The summed E-state index contributed by atoms with van der Waals surface area (Å²) < 4.78 is 11.2. The molecule has 0 aromatic carbocycles. The van der Waals surface area contributed by atoms with Crippen molar-refractivity contribution >= 4 is 23.2 Å². The van der Waals surface area contributed by atoms with Crippen LogP contribution in [-0.2, 0) is 0 Å². The van der Waals surface area contributed by atoms with Gasteiger partial charge in [-0.15, -0.1) is 0 Å². The molecule has 0 spiro atoms. The lowest BCUT2D eigenvalue weighted by Gasteiger charge is -1.94. The van der Waals surface area contributed by atoms with E-state index >= 15 is 0 Å². The Hall–Kier alpha value is 0.210. The van der Waals surface area contributed by atoms with E-state index in [1.807, 2.05) is 0 Å². The number of aliphatic hydroxyl groups excluding tert-OH is 1. The molecule has 0 saturated carbocycles. The second-order valence-electron chi connectivity index (χ2n) is 1.18. The Morgan fingerprint density at radius 3 is 2.38 bits per heavy atom. The van der Waals surface area contributed by atoms with Crippen LogP contribution in [0.2, 0.25) is 0 Å². The Balaban J connectivity index is 3.51. The molecule has 4 heteroatoms. The van der Waals surface area contributed by atoms with E-state index in [0.29, 0.717) is 0 Å². The predicted molar refractivity (Wildman–Crippen MR) is 31.8 cm³/mol. The smallest absolute Gasteiger partial charge is 0.119 e. The van der Waals surface area contributed by atoms with Gasteiger partial charge < -0.3 is 5.11 Å². The normalized spacial score (nSPS) is 13.0. The zero-order chi connectivity index (χ0) is 6.57. The van der Waals surface area contributed by atoms with Gasteiger partial charge in [-0.3, -0.25) is 0 Å². The van der Waals surface area contributed by atoms with Crippen LogP contribution in [0.25, 0.3) is 0 Å². The summed E-state index contributed by atoms with van der Waals surface area (Å²) in [5.74, 6) is 0. The zero-order valence-electron chi connectivity index (χ0n) is 3.94. The SMILES string of the molecule is OC(C=C(Cl)Cl)CF. The van der Waals surface area contributed by atoms with E-state index in [-0.39, 0.29) is 4.49 Å². The molecule has 0 fully saturated rings. The monoisotopic (exact) mass is 158 g/mol. The molecule has 0 saturated heterocycles. The van der Waals surface area contributed by atoms with Gasteiger partial charge in [0, 0.05) is 0 Å². The first-order valence-corrected chi connectivity index (χ1v) is 2.69. The van der Waals surface area contributed by atoms with Crippen LogP contribution in [0.15, 0.2) is 10.6 Å². The van der Waals surface area contributed by atoms with Gasteiger partial charge in [0.15, 0.2) is 0 Å². The third-order valence-electron chi connectivity index (χ3n) is 0.476. The number of rotatable bonds is 2. The molecule has 1 atom stereocenters. The highest BCUT2D eigenvalue weighted by Gasteiger charge is 1.96. The van der Waals surface area contributed by atoms with Crippen molar-refractivity contribution in [2.45, 2.75) is 6.10 Å². The molecule has 0 aliphatic carbocycles. The van der Waals surface area contributed by atoms with Gasteiger partial charge in [0.25, 0.3) is 0 Å². The van der Waals surface area contributed by atoms with E-state index in [2.05, 4.69) is 0 Å². The van der Waals surface area contributed by atoms with Crippen molar-refractivity contribution in [1.82, 2.24) is 0 Å². The zero-order valence-corrected chi connectivity index (χ0v) is 5.45. The first-order valence-electron chi connectivity index (χ1n) is 1.93. The molecule has 1 unspecified atom stereocenters. The van der Waals surface area contributed by atoms with Crippen LogP contribution in [0.4, 0.5) is 4.39 Å². The number of halogens is 3. The molecule has 0 aromatic rings. The van der Waals surface area contributed by atoms with Gasteiger partial charge in [-0.05, 0) is 6.08 Å². The van der Waals surface area contributed by atoms with Crippen molar-refractivity contribution < 1.29 is 9.50 Å². The standard InChI is InChI=1S/C4H5Cl2FO/c5-4(6)1-3(8)2-7/h1,3,8H,2H2. The number of hydrogen-bond acceptors (Lipinski definition) is 1. The summed E-state index contributed by atoms with van der Waals surface area (Å²) in [6.45, 7) is -0.858. The molecule has 0 heterocycles. The molecule has 0 radical (unpaired) electrons. The average Bonchev–Trinajstić information content (AvgIpc) is 1.65. The molecule has 0 rings (SSSR count). The third-order valence-corrected chi connectivity index (χ3v) is 0.728. The topological polar surface area (TPSA) is 20.2 Å².